The molecular formula is C16H28O2. The minimum atomic E-state index is -0.600. The Kier molecular flexibility index (Phi) is 3.75. The van der Waals surface area contributed by atoms with E-state index in [4.69, 9.17) is 0 Å². The van der Waals surface area contributed by atoms with Crippen molar-refractivity contribution in [2.45, 2.75) is 72.1 Å². The van der Waals surface area contributed by atoms with Crippen molar-refractivity contribution in [1.29, 1.82) is 0 Å². The van der Waals surface area contributed by atoms with Crippen LogP contribution in [0, 0.1) is 22.7 Å². The van der Waals surface area contributed by atoms with Gasteiger partial charge in [-0.2, -0.15) is 0 Å². The predicted octanol–water partition coefficient (Wildman–Crippen LogP) is 4.48. The number of rotatable bonds is 3. The third kappa shape index (κ3) is 2.19. The molecule has 0 amide bonds. The molecule has 0 aromatic rings. The lowest BCUT2D eigenvalue weighted by Gasteiger charge is -2.58. The molecule has 0 radical (unpaired) electrons. The lowest BCUT2D eigenvalue weighted by atomic mass is 9.46. The molecule has 2 saturated carbocycles. The third-order valence-corrected chi connectivity index (χ3v) is 6.04. The van der Waals surface area contributed by atoms with Crippen LogP contribution in [0.4, 0.5) is 0 Å². The Balaban J connectivity index is 2.30. The molecule has 0 aromatic heterocycles. The molecule has 2 aliphatic carbocycles. The van der Waals surface area contributed by atoms with Crippen LogP contribution in [-0.4, -0.2) is 11.1 Å². The van der Waals surface area contributed by atoms with E-state index in [0.717, 1.165) is 12.3 Å². The van der Waals surface area contributed by atoms with Gasteiger partial charge in [-0.05, 0) is 54.8 Å². The Labute approximate surface area is 111 Å². The summed E-state index contributed by atoms with van der Waals surface area (Å²) in [6.07, 6.45) is 9.10. The van der Waals surface area contributed by atoms with Crippen molar-refractivity contribution < 1.29 is 9.90 Å². The maximum atomic E-state index is 11.2. The van der Waals surface area contributed by atoms with Gasteiger partial charge in [-0.25, -0.2) is 0 Å². The van der Waals surface area contributed by atoms with Crippen LogP contribution in [0.25, 0.3) is 0 Å². The van der Waals surface area contributed by atoms with Gasteiger partial charge in [-0.1, -0.05) is 33.6 Å². The average molecular weight is 252 g/mol. The molecule has 2 rings (SSSR count). The Morgan fingerprint density at radius 1 is 1.22 bits per heavy atom. The van der Waals surface area contributed by atoms with Gasteiger partial charge < -0.3 is 5.11 Å². The lowest BCUT2D eigenvalue weighted by Crippen LogP contribution is -2.50. The molecule has 104 valence electrons. The van der Waals surface area contributed by atoms with E-state index in [2.05, 4.69) is 20.8 Å². The van der Waals surface area contributed by atoms with Crippen LogP contribution in [-0.2, 0) is 4.79 Å². The molecule has 3 atom stereocenters. The van der Waals surface area contributed by atoms with Gasteiger partial charge in [0.1, 0.15) is 0 Å². The van der Waals surface area contributed by atoms with Crippen molar-refractivity contribution in [2.24, 2.45) is 22.7 Å². The van der Waals surface area contributed by atoms with Crippen LogP contribution < -0.4 is 0 Å². The molecule has 2 heteroatoms. The summed E-state index contributed by atoms with van der Waals surface area (Å²) in [6.45, 7) is 7.10. The molecule has 0 aliphatic heterocycles. The van der Waals surface area contributed by atoms with Crippen molar-refractivity contribution in [2.75, 3.05) is 0 Å². The molecule has 0 bridgehead atoms. The van der Waals surface area contributed by atoms with Crippen LogP contribution in [0.15, 0.2) is 0 Å². The second-order valence-electron chi connectivity index (χ2n) is 7.21. The fraction of sp³-hybridized carbons (Fsp3) is 0.938. The fourth-order valence-electron chi connectivity index (χ4n) is 5.25. The molecule has 1 N–H and O–H groups in total. The molecule has 0 heterocycles. The number of hydrogen-bond acceptors (Lipinski definition) is 1. The summed E-state index contributed by atoms with van der Waals surface area (Å²) in [7, 11) is 0. The van der Waals surface area contributed by atoms with Gasteiger partial charge >= 0.3 is 5.97 Å². The monoisotopic (exact) mass is 252 g/mol. The van der Waals surface area contributed by atoms with Crippen LogP contribution >= 0.6 is 0 Å². The maximum absolute atomic E-state index is 11.2. The zero-order valence-electron chi connectivity index (χ0n) is 12.2. The zero-order chi connectivity index (χ0) is 13.4. The third-order valence-electron chi connectivity index (χ3n) is 6.04. The van der Waals surface area contributed by atoms with Crippen LogP contribution in [0.2, 0.25) is 0 Å². The molecule has 2 fully saturated rings. The van der Waals surface area contributed by atoms with Crippen molar-refractivity contribution in [3.8, 4) is 0 Å². The Morgan fingerprint density at radius 3 is 2.56 bits per heavy atom. The summed E-state index contributed by atoms with van der Waals surface area (Å²) in [6, 6.07) is 0. The van der Waals surface area contributed by atoms with Crippen LogP contribution in [0.3, 0.4) is 0 Å². The number of hydrogen-bond donors (Lipinski definition) is 1. The van der Waals surface area contributed by atoms with Gasteiger partial charge in [-0.3, -0.25) is 4.79 Å². The molecule has 2 aliphatic rings. The van der Waals surface area contributed by atoms with Gasteiger partial charge in [0, 0.05) is 6.42 Å². The summed E-state index contributed by atoms with van der Waals surface area (Å²) in [5.74, 6) is 0.553. The first-order chi connectivity index (χ1) is 8.42. The Hall–Kier alpha value is -0.530. The summed E-state index contributed by atoms with van der Waals surface area (Å²) >= 11 is 0. The van der Waals surface area contributed by atoms with Crippen LogP contribution in [0.5, 0.6) is 0 Å². The molecule has 0 aromatic carbocycles. The fourth-order valence-corrected chi connectivity index (χ4v) is 5.25. The van der Waals surface area contributed by atoms with E-state index in [-0.39, 0.29) is 0 Å². The van der Waals surface area contributed by atoms with Gasteiger partial charge in [0.15, 0.2) is 0 Å². The second-order valence-corrected chi connectivity index (χ2v) is 7.21. The van der Waals surface area contributed by atoms with Crippen molar-refractivity contribution >= 4 is 5.97 Å². The minimum Gasteiger partial charge on any atom is -0.481 e. The summed E-state index contributed by atoms with van der Waals surface area (Å²) < 4.78 is 0. The average Bonchev–Trinajstić information content (AvgIpc) is 2.29. The smallest absolute Gasteiger partial charge is 0.303 e. The summed E-state index contributed by atoms with van der Waals surface area (Å²) in [4.78, 5) is 11.2. The zero-order valence-corrected chi connectivity index (χ0v) is 12.2. The first-order valence-corrected chi connectivity index (χ1v) is 7.64. The quantitative estimate of drug-likeness (QED) is 0.804. The van der Waals surface area contributed by atoms with Gasteiger partial charge in [0.25, 0.3) is 0 Å². The highest BCUT2D eigenvalue weighted by Crippen LogP contribution is 2.62. The SMILES string of the molecule is CCC12CCCC(C)(C)C1CCCC2CC(=O)O. The first-order valence-electron chi connectivity index (χ1n) is 7.64. The number of aliphatic carboxylic acids is 1. The van der Waals surface area contributed by atoms with E-state index < -0.39 is 5.97 Å². The summed E-state index contributed by atoms with van der Waals surface area (Å²) in [5.41, 5.74) is 0.726. The highest BCUT2D eigenvalue weighted by Gasteiger charge is 2.53. The van der Waals surface area contributed by atoms with E-state index in [1.165, 1.54) is 38.5 Å². The molecule has 2 nitrogen and oxygen atoms in total. The van der Waals surface area contributed by atoms with Gasteiger partial charge in [-0.15, -0.1) is 0 Å². The van der Waals surface area contributed by atoms with Gasteiger partial charge in [0.2, 0.25) is 0 Å². The van der Waals surface area contributed by atoms with E-state index in [1.807, 2.05) is 0 Å². The molecule has 18 heavy (non-hydrogen) atoms. The number of fused-ring (bicyclic) bond motifs is 1. The van der Waals surface area contributed by atoms with Crippen molar-refractivity contribution in [3.05, 3.63) is 0 Å². The van der Waals surface area contributed by atoms with E-state index in [1.54, 1.807) is 0 Å². The number of carboxylic acid groups (broad SMARTS) is 1. The highest BCUT2D eigenvalue weighted by molar-refractivity contribution is 5.67. The lowest BCUT2D eigenvalue weighted by molar-refractivity contribution is -0.145. The number of carbonyl (C=O) groups is 1. The second kappa shape index (κ2) is 4.86. The van der Waals surface area contributed by atoms with Gasteiger partial charge in [0.05, 0.1) is 0 Å². The maximum Gasteiger partial charge on any atom is 0.303 e. The molecular weight excluding hydrogens is 224 g/mol. The minimum absolute atomic E-state index is 0.318. The Bertz CT molecular complexity index is 321. The van der Waals surface area contributed by atoms with E-state index >= 15 is 0 Å². The Morgan fingerprint density at radius 2 is 1.94 bits per heavy atom. The largest absolute Gasteiger partial charge is 0.481 e. The van der Waals surface area contributed by atoms with Crippen molar-refractivity contribution in [3.63, 3.8) is 0 Å². The van der Waals surface area contributed by atoms with Crippen molar-refractivity contribution in [1.82, 2.24) is 0 Å². The topological polar surface area (TPSA) is 37.3 Å². The molecule has 3 unspecified atom stereocenters. The molecule has 0 spiro atoms. The summed E-state index contributed by atoms with van der Waals surface area (Å²) in [5, 5.41) is 9.20. The normalized spacial score (nSPS) is 39.1. The van der Waals surface area contributed by atoms with Crippen LogP contribution in [0.1, 0.15) is 72.1 Å². The van der Waals surface area contributed by atoms with E-state index in [0.29, 0.717) is 23.2 Å². The standard InChI is InChI=1S/C16H28O2/c1-4-16-10-6-9-15(2,3)13(16)8-5-7-12(16)11-14(17)18/h12-13H,4-11H2,1-3H3,(H,17,18). The first kappa shape index (κ1) is 13.9. The number of carboxylic acids is 1. The molecule has 0 saturated heterocycles. The highest BCUT2D eigenvalue weighted by atomic mass is 16.4. The van der Waals surface area contributed by atoms with E-state index in [9.17, 15) is 9.90 Å². The predicted molar refractivity (Wildman–Crippen MR) is 73.4 cm³/mol.